The summed E-state index contributed by atoms with van der Waals surface area (Å²) in [5, 5.41) is 3.26. The zero-order chi connectivity index (χ0) is 17.0. The number of nitrogens with zero attached hydrogens (tertiary/aromatic N) is 3. The number of carbonyl (C=O) groups is 2. The Hall–Kier alpha value is -2.70. The van der Waals surface area contributed by atoms with Gasteiger partial charge in [0.2, 0.25) is 5.95 Å². The molecule has 0 aliphatic heterocycles. The van der Waals surface area contributed by atoms with E-state index in [1.54, 1.807) is 23.1 Å². The highest BCUT2D eigenvalue weighted by Crippen LogP contribution is 2.20. The molecule has 0 unspecified atom stereocenters. The molecule has 0 aliphatic rings. The average molecular weight is 315 g/mol. The molecule has 2 rings (SSSR count). The Morgan fingerprint density at radius 2 is 1.87 bits per heavy atom. The molecule has 0 radical (unpaired) electrons. The lowest BCUT2D eigenvalue weighted by molar-refractivity contribution is 0.0769. The van der Waals surface area contributed by atoms with Crippen molar-refractivity contribution in [2.75, 3.05) is 25.4 Å². The highest BCUT2D eigenvalue weighted by Gasteiger charge is 2.19. The van der Waals surface area contributed by atoms with Crippen molar-refractivity contribution < 1.29 is 9.59 Å². The van der Waals surface area contributed by atoms with Crippen LogP contribution in [0.1, 0.15) is 41.6 Å². The number of amides is 2. The molecule has 7 heteroatoms. The summed E-state index contributed by atoms with van der Waals surface area (Å²) >= 11 is 0. The Bertz CT molecular complexity index is 741. The topological polar surface area (TPSA) is 101 Å². The molecular weight excluding hydrogens is 294 g/mol. The monoisotopic (exact) mass is 315 g/mol. The SMILES string of the molecule is CCNC(=O)c1ccc2nc(N)nc(C(=O)N(CC)CC)c2c1. The molecule has 1 aromatic heterocycles. The van der Waals surface area contributed by atoms with Crippen molar-refractivity contribution in [3.63, 3.8) is 0 Å². The van der Waals surface area contributed by atoms with Gasteiger partial charge in [0.05, 0.1) is 5.52 Å². The van der Waals surface area contributed by atoms with Gasteiger partial charge in [0.1, 0.15) is 5.69 Å². The van der Waals surface area contributed by atoms with E-state index in [0.29, 0.717) is 36.1 Å². The van der Waals surface area contributed by atoms with E-state index >= 15 is 0 Å². The number of nitrogens with two attached hydrogens (primary N) is 1. The number of hydrogen-bond acceptors (Lipinski definition) is 5. The van der Waals surface area contributed by atoms with Crippen molar-refractivity contribution in [1.82, 2.24) is 20.2 Å². The first-order valence-corrected chi connectivity index (χ1v) is 7.66. The third-order valence-corrected chi connectivity index (χ3v) is 3.57. The van der Waals surface area contributed by atoms with Crippen molar-refractivity contribution in [3.05, 3.63) is 29.5 Å². The molecule has 0 aliphatic carbocycles. The van der Waals surface area contributed by atoms with E-state index in [1.165, 1.54) is 0 Å². The molecular formula is C16H21N5O2. The minimum atomic E-state index is -0.220. The summed E-state index contributed by atoms with van der Waals surface area (Å²) in [5.74, 6) is -0.381. The number of anilines is 1. The van der Waals surface area contributed by atoms with Crippen LogP contribution >= 0.6 is 0 Å². The number of carbonyl (C=O) groups excluding carboxylic acids is 2. The standard InChI is InChI=1S/C16H21N5O2/c1-4-18-14(22)10-7-8-12-11(9-10)13(20-16(17)19-12)15(23)21(5-2)6-3/h7-9H,4-6H2,1-3H3,(H,18,22)(H2,17,19,20). The van der Waals surface area contributed by atoms with Gasteiger partial charge in [-0.1, -0.05) is 0 Å². The van der Waals surface area contributed by atoms with E-state index in [2.05, 4.69) is 15.3 Å². The molecule has 2 amide bonds. The second kappa shape index (κ2) is 7.04. The molecule has 122 valence electrons. The van der Waals surface area contributed by atoms with Crippen molar-refractivity contribution >= 4 is 28.7 Å². The number of hydrogen-bond donors (Lipinski definition) is 2. The molecule has 0 fully saturated rings. The third kappa shape index (κ3) is 3.39. The van der Waals surface area contributed by atoms with E-state index in [9.17, 15) is 9.59 Å². The van der Waals surface area contributed by atoms with E-state index in [-0.39, 0.29) is 23.5 Å². The lowest BCUT2D eigenvalue weighted by Gasteiger charge is -2.19. The van der Waals surface area contributed by atoms with Gasteiger partial charge < -0.3 is 16.0 Å². The van der Waals surface area contributed by atoms with Crippen LogP contribution in [0.25, 0.3) is 10.9 Å². The number of benzene rings is 1. The van der Waals surface area contributed by atoms with Crippen LogP contribution < -0.4 is 11.1 Å². The molecule has 23 heavy (non-hydrogen) atoms. The van der Waals surface area contributed by atoms with Crippen LogP contribution in [0.4, 0.5) is 5.95 Å². The Kier molecular flexibility index (Phi) is 5.10. The van der Waals surface area contributed by atoms with Gasteiger partial charge in [-0.05, 0) is 39.0 Å². The van der Waals surface area contributed by atoms with Gasteiger partial charge >= 0.3 is 0 Å². The summed E-state index contributed by atoms with van der Waals surface area (Å²) in [6.07, 6.45) is 0. The number of nitrogen functional groups attached to an aromatic ring is 1. The first-order chi connectivity index (χ1) is 11.0. The van der Waals surface area contributed by atoms with Crippen molar-refractivity contribution in [2.45, 2.75) is 20.8 Å². The minimum Gasteiger partial charge on any atom is -0.368 e. The van der Waals surface area contributed by atoms with Crippen molar-refractivity contribution in [2.24, 2.45) is 0 Å². The number of rotatable bonds is 5. The summed E-state index contributed by atoms with van der Waals surface area (Å²) in [7, 11) is 0. The maximum Gasteiger partial charge on any atom is 0.273 e. The van der Waals surface area contributed by atoms with Crippen LogP contribution in [0.15, 0.2) is 18.2 Å². The van der Waals surface area contributed by atoms with E-state index < -0.39 is 0 Å². The number of fused-ring (bicyclic) bond motifs is 1. The molecule has 0 spiro atoms. The average Bonchev–Trinajstić information content (AvgIpc) is 2.54. The van der Waals surface area contributed by atoms with Gasteiger partial charge in [0, 0.05) is 30.6 Å². The van der Waals surface area contributed by atoms with Crippen LogP contribution in [-0.2, 0) is 0 Å². The number of aromatic nitrogens is 2. The normalized spacial score (nSPS) is 10.6. The molecule has 0 atom stereocenters. The zero-order valence-electron chi connectivity index (χ0n) is 13.6. The Labute approximate surface area is 134 Å². The van der Waals surface area contributed by atoms with E-state index in [1.807, 2.05) is 20.8 Å². The minimum absolute atomic E-state index is 0.0405. The fourth-order valence-corrected chi connectivity index (χ4v) is 2.37. The maximum absolute atomic E-state index is 12.7. The molecule has 1 aromatic carbocycles. The molecule has 0 saturated carbocycles. The highest BCUT2D eigenvalue weighted by molar-refractivity contribution is 6.07. The Balaban J connectivity index is 2.60. The van der Waals surface area contributed by atoms with Crippen LogP contribution in [0.2, 0.25) is 0 Å². The summed E-state index contributed by atoms with van der Waals surface area (Å²) in [4.78, 5) is 34.6. The predicted octanol–water partition coefficient (Wildman–Crippen LogP) is 1.44. The van der Waals surface area contributed by atoms with Crippen LogP contribution in [0.3, 0.4) is 0 Å². The lowest BCUT2D eigenvalue weighted by Crippen LogP contribution is -2.31. The maximum atomic E-state index is 12.7. The zero-order valence-corrected chi connectivity index (χ0v) is 13.6. The summed E-state index contributed by atoms with van der Waals surface area (Å²) in [6.45, 7) is 7.30. The smallest absolute Gasteiger partial charge is 0.273 e. The molecule has 0 bridgehead atoms. The lowest BCUT2D eigenvalue weighted by atomic mass is 10.1. The molecule has 2 aromatic rings. The summed E-state index contributed by atoms with van der Waals surface area (Å²) < 4.78 is 0. The van der Waals surface area contributed by atoms with E-state index in [0.717, 1.165) is 0 Å². The quantitative estimate of drug-likeness (QED) is 0.869. The van der Waals surface area contributed by atoms with E-state index in [4.69, 9.17) is 5.73 Å². The summed E-state index contributed by atoms with van der Waals surface area (Å²) in [6, 6.07) is 4.97. The summed E-state index contributed by atoms with van der Waals surface area (Å²) in [5.41, 5.74) is 6.95. The second-order valence-electron chi connectivity index (χ2n) is 5.00. The van der Waals surface area contributed by atoms with Crippen molar-refractivity contribution in [3.8, 4) is 0 Å². The fraction of sp³-hybridized carbons (Fsp3) is 0.375. The third-order valence-electron chi connectivity index (χ3n) is 3.57. The van der Waals surface area contributed by atoms with Gasteiger partial charge in [-0.2, -0.15) is 0 Å². The van der Waals surface area contributed by atoms with Crippen LogP contribution in [0, 0.1) is 0 Å². The van der Waals surface area contributed by atoms with Crippen LogP contribution in [0.5, 0.6) is 0 Å². The largest absolute Gasteiger partial charge is 0.368 e. The van der Waals surface area contributed by atoms with Crippen molar-refractivity contribution in [1.29, 1.82) is 0 Å². The molecule has 1 heterocycles. The first-order valence-electron chi connectivity index (χ1n) is 7.66. The number of nitrogens with one attached hydrogen (secondary N) is 1. The van der Waals surface area contributed by atoms with Gasteiger partial charge in [-0.3, -0.25) is 9.59 Å². The molecule has 3 N–H and O–H groups in total. The Morgan fingerprint density at radius 3 is 2.48 bits per heavy atom. The highest BCUT2D eigenvalue weighted by atomic mass is 16.2. The van der Waals surface area contributed by atoms with Gasteiger partial charge in [0.15, 0.2) is 0 Å². The van der Waals surface area contributed by atoms with Gasteiger partial charge in [-0.15, -0.1) is 0 Å². The molecule has 0 saturated heterocycles. The van der Waals surface area contributed by atoms with Crippen LogP contribution in [-0.4, -0.2) is 46.3 Å². The predicted molar refractivity (Wildman–Crippen MR) is 89.2 cm³/mol. The Morgan fingerprint density at radius 1 is 1.17 bits per heavy atom. The van der Waals surface area contributed by atoms with Gasteiger partial charge in [0.25, 0.3) is 11.8 Å². The molecule has 7 nitrogen and oxygen atoms in total. The second-order valence-corrected chi connectivity index (χ2v) is 5.00. The van der Waals surface area contributed by atoms with Gasteiger partial charge in [-0.25, -0.2) is 9.97 Å². The fourth-order valence-electron chi connectivity index (χ4n) is 2.37. The first kappa shape index (κ1) is 16.7.